The lowest BCUT2D eigenvalue weighted by molar-refractivity contribution is -0.0222. The molecule has 0 unspecified atom stereocenters. The number of benzene rings is 2. The topological polar surface area (TPSA) is 24.8 Å². The maximum atomic E-state index is 6.40. The van der Waals surface area contributed by atoms with Gasteiger partial charge in [-0.15, -0.1) is 0 Å². The molecular formula is C19H17BrCl2N2O. The van der Waals surface area contributed by atoms with E-state index < -0.39 is 0 Å². The molecule has 0 amide bonds. The molecular weight excluding hydrogens is 423 g/mol. The van der Waals surface area contributed by atoms with E-state index in [1.807, 2.05) is 18.2 Å². The number of ether oxygens (including phenoxy) is 1. The Morgan fingerprint density at radius 3 is 2.72 bits per heavy atom. The van der Waals surface area contributed by atoms with Gasteiger partial charge in [-0.25, -0.2) is 0 Å². The molecule has 2 aromatic rings. The number of nitrogens with zero attached hydrogens (tertiary/aromatic N) is 2. The minimum Gasteiger partial charge on any atom is -0.467 e. The standard InChI is InChI=1S/C19H17BrCl2N2O/c1-2-3-18-24-17(14-8-13(21)9-15(22)19(14)25-18)10-16(23-24)11-4-6-12(20)7-5-11/h4-9,17-18H,2-3,10H2,1H3/t17-,18+/m1/s1. The Kier molecular flexibility index (Phi) is 4.69. The molecule has 25 heavy (non-hydrogen) atoms. The van der Waals surface area contributed by atoms with Gasteiger partial charge in [-0.1, -0.05) is 64.6 Å². The summed E-state index contributed by atoms with van der Waals surface area (Å²) in [6.45, 7) is 2.15. The fourth-order valence-corrected chi connectivity index (χ4v) is 4.26. The summed E-state index contributed by atoms with van der Waals surface area (Å²) in [5.74, 6) is 0.748. The zero-order valence-electron chi connectivity index (χ0n) is 13.7. The third kappa shape index (κ3) is 3.16. The summed E-state index contributed by atoms with van der Waals surface area (Å²) in [6.07, 6.45) is 2.62. The minimum absolute atomic E-state index is 0.103. The summed E-state index contributed by atoms with van der Waals surface area (Å²) in [4.78, 5) is 0. The molecule has 0 radical (unpaired) electrons. The third-order valence-corrected chi connectivity index (χ3v) is 5.63. The van der Waals surface area contributed by atoms with E-state index in [0.717, 1.165) is 46.3 Å². The van der Waals surface area contributed by atoms with E-state index >= 15 is 0 Å². The zero-order chi connectivity index (χ0) is 17.6. The molecule has 4 rings (SSSR count). The molecule has 0 fully saturated rings. The lowest BCUT2D eigenvalue weighted by Crippen LogP contribution is -2.40. The largest absolute Gasteiger partial charge is 0.467 e. The highest BCUT2D eigenvalue weighted by Crippen LogP contribution is 2.47. The first-order chi connectivity index (χ1) is 12.1. The van der Waals surface area contributed by atoms with Crippen molar-refractivity contribution in [2.24, 2.45) is 5.10 Å². The van der Waals surface area contributed by atoms with Crippen LogP contribution in [0.4, 0.5) is 0 Å². The van der Waals surface area contributed by atoms with Gasteiger partial charge in [0.05, 0.1) is 16.8 Å². The molecule has 130 valence electrons. The Labute approximate surface area is 165 Å². The van der Waals surface area contributed by atoms with Crippen molar-refractivity contribution in [2.45, 2.75) is 38.5 Å². The molecule has 0 aromatic heterocycles. The van der Waals surface area contributed by atoms with Crippen LogP contribution < -0.4 is 4.74 Å². The smallest absolute Gasteiger partial charge is 0.187 e. The van der Waals surface area contributed by atoms with Crippen LogP contribution in [0.3, 0.4) is 0 Å². The van der Waals surface area contributed by atoms with Gasteiger partial charge in [0.25, 0.3) is 0 Å². The number of rotatable bonds is 3. The molecule has 0 saturated heterocycles. The van der Waals surface area contributed by atoms with Crippen molar-refractivity contribution in [3.8, 4) is 5.75 Å². The number of hydrazone groups is 1. The average Bonchev–Trinajstić information content (AvgIpc) is 3.02. The van der Waals surface area contributed by atoms with E-state index in [9.17, 15) is 0 Å². The second kappa shape index (κ2) is 6.82. The summed E-state index contributed by atoms with van der Waals surface area (Å²) in [7, 11) is 0. The Morgan fingerprint density at radius 2 is 2.00 bits per heavy atom. The van der Waals surface area contributed by atoms with Crippen molar-refractivity contribution in [3.05, 3.63) is 62.0 Å². The highest BCUT2D eigenvalue weighted by molar-refractivity contribution is 9.10. The summed E-state index contributed by atoms with van der Waals surface area (Å²) in [6, 6.07) is 12.0. The SMILES string of the molecule is CCC[C@@H]1Oc2c(Cl)cc(Cl)cc2[C@H]2CC(c3ccc(Br)cc3)=NN12. The average molecular weight is 440 g/mol. The van der Waals surface area contributed by atoms with Gasteiger partial charge >= 0.3 is 0 Å². The van der Waals surface area contributed by atoms with Crippen LogP contribution in [0.5, 0.6) is 5.75 Å². The van der Waals surface area contributed by atoms with Crippen molar-refractivity contribution < 1.29 is 4.74 Å². The first-order valence-electron chi connectivity index (χ1n) is 8.34. The van der Waals surface area contributed by atoms with E-state index in [-0.39, 0.29) is 12.3 Å². The Balaban J connectivity index is 1.75. The van der Waals surface area contributed by atoms with Crippen LogP contribution in [-0.2, 0) is 0 Å². The van der Waals surface area contributed by atoms with Gasteiger partial charge < -0.3 is 4.74 Å². The molecule has 0 N–H and O–H groups in total. The molecule has 3 nitrogen and oxygen atoms in total. The van der Waals surface area contributed by atoms with Gasteiger partial charge in [-0.05, 0) is 29.8 Å². The van der Waals surface area contributed by atoms with E-state index in [4.69, 9.17) is 33.0 Å². The predicted molar refractivity (Wildman–Crippen MR) is 106 cm³/mol. The molecule has 0 bridgehead atoms. The molecule has 2 aliphatic rings. The monoisotopic (exact) mass is 438 g/mol. The number of halogens is 3. The molecule has 2 aliphatic heterocycles. The van der Waals surface area contributed by atoms with Crippen LogP contribution in [0.15, 0.2) is 46.0 Å². The molecule has 2 aromatic carbocycles. The molecule has 6 heteroatoms. The number of hydrogen-bond acceptors (Lipinski definition) is 3. The van der Waals surface area contributed by atoms with Crippen LogP contribution in [0.25, 0.3) is 0 Å². The van der Waals surface area contributed by atoms with E-state index in [0.29, 0.717) is 10.0 Å². The summed E-state index contributed by atoms with van der Waals surface area (Å²) in [5.41, 5.74) is 3.20. The second-order valence-corrected chi connectivity index (χ2v) is 8.08. The van der Waals surface area contributed by atoms with Gasteiger partial charge in [0.1, 0.15) is 5.75 Å². The summed E-state index contributed by atoms with van der Waals surface area (Å²) >= 11 is 16.1. The number of fused-ring (bicyclic) bond motifs is 3. The first-order valence-corrected chi connectivity index (χ1v) is 9.89. The van der Waals surface area contributed by atoms with Gasteiger partial charge in [0, 0.05) is 27.9 Å². The normalized spacial score (nSPS) is 21.4. The third-order valence-electron chi connectivity index (χ3n) is 4.60. The van der Waals surface area contributed by atoms with E-state index in [1.165, 1.54) is 0 Å². The van der Waals surface area contributed by atoms with Crippen LogP contribution >= 0.6 is 39.1 Å². The van der Waals surface area contributed by atoms with Crippen molar-refractivity contribution in [3.63, 3.8) is 0 Å². The van der Waals surface area contributed by atoms with Crippen LogP contribution in [0, 0.1) is 0 Å². The minimum atomic E-state index is -0.103. The molecule has 0 spiro atoms. The van der Waals surface area contributed by atoms with Crippen molar-refractivity contribution in [1.29, 1.82) is 0 Å². The maximum absolute atomic E-state index is 6.40. The molecule has 0 aliphatic carbocycles. The summed E-state index contributed by atoms with van der Waals surface area (Å²) in [5, 5.41) is 8.16. The van der Waals surface area contributed by atoms with Gasteiger partial charge in [0.15, 0.2) is 6.23 Å². The lowest BCUT2D eigenvalue weighted by Gasteiger charge is -2.38. The first kappa shape index (κ1) is 17.2. The van der Waals surface area contributed by atoms with E-state index in [1.54, 1.807) is 6.07 Å². The Morgan fingerprint density at radius 1 is 1.24 bits per heavy atom. The summed E-state index contributed by atoms with van der Waals surface area (Å²) < 4.78 is 7.26. The van der Waals surface area contributed by atoms with Gasteiger partial charge in [0.2, 0.25) is 0 Å². The van der Waals surface area contributed by atoms with Gasteiger partial charge in [-0.2, -0.15) is 5.10 Å². The van der Waals surface area contributed by atoms with Crippen molar-refractivity contribution >= 4 is 44.8 Å². The van der Waals surface area contributed by atoms with Crippen molar-refractivity contribution in [1.82, 2.24) is 5.01 Å². The highest BCUT2D eigenvalue weighted by atomic mass is 79.9. The lowest BCUT2D eigenvalue weighted by atomic mass is 9.96. The van der Waals surface area contributed by atoms with Crippen LogP contribution in [-0.4, -0.2) is 16.9 Å². The zero-order valence-corrected chi connectivity index (χ0v) is 16.8. The molecule has 2 heterocycles. The number of hydrogen-bond donors (Lipinski definition) is 0. The molecule has 0 saturated carbocycles. The Hall–Kier alpha value is -1.23. The maximum Gasteiger partial charge on any atom is 0.187 e. The van der Waals surface area contributed by atoms with Gasteiger partial charge in [-0.3, -0.25) is 5.01 Å². The predicted octanol–water partition coefficient (Wildman–Crippen LogP) is 6.43. The fourth-order valence-electron chi connectivity index (χ4n) is 3.44. The molecule has 2 atom stereocenters. The fraction of sp³-hybridized carbons (Fsp3) is 0.316. The highest BCUT2D eigenvalue weighted by Gasteiger charge is 2.40. The van der Waals surface area contributed by atoms with Crippen LogP contribution in [0.2, 0.25) is 10.0 Å². The van der Waals surface area contributed by atoms with Crippen LogP contribution in [0.1, 0.15) is 43.4 Å². The van der Waals surface area contributed by atoms with Crippen molar-refractivity contribution in [2.75, 3.05) is 0 Å². The second-order valence-electron chi connectivity index (χ2n) is 6.32. The van der Waals surface area contributed by atoms with E-state index in [2.05, 4.69) is 40.0 Å². The quantitative estimate of drug-likeness (QED) is 0.550. The Bertz CT molecular complexity index is 838.